The molecule has 6 saturated carbocycles. The van der Waals surface area contributed by atoms with Crippen molar-refractivity contribution in [3.05, 3.63) is 0 Å². The Kier molecular flexibility index (Phi) is 5.71. The van der Waals surface area contributed by atoms with Crippen LogP contribution in [0.4, 0.5) is 0 Å². The SMILES string of the molecule is CC1(C)[C@@H]2C/C(=N\O)[C@@](C)(NCCNCCN[C@]3(C)/C(=N/O)C[C@@H]4C[C@H]3C4(C)C)[C@H]1C2. The molecule has 6 rings (SSSR count). The third kappa shape index (κ3) is 3.34. The first-order chi connectivity index (χ1) is 14.5. The van der Waals surface area contributed by atoms with Crippen LogP contribution < -0.4 is 16.0 Å². The fourth-order valence-electron chi connectivity index (χ4n) is 7.66. The minimum atomic E-state index is -0.221. The maximum absolute atomic E-state index is 9.56. The zero-order chi connectivity index (χ0) is 22.7. The molecule has 31 heavy (non-hydrogen) atoms. The van der Waals surface area contributed by atoms with Crippen molar-refractivity contribution < 1.29 is 10.4 Å². The van der Waals surface area contributed by atoms with Crippen LogP contribution in [-0.2, 0) is 0 Å². The minimum absolute atomic E-state index is 0.221. The lowest BCUT2D eigenvalue weighted by Crippen LogP contribution is -2.71. The van der Waals surface area contributed by atoms with E-state index >= 15 is 0 Å². The van der Waals surface area contributed by atoms with Crippen LogP contribution in [0.5, 0.6) is 0 Å². The van der Waals surface area contributed by atoms with Crippen LogP contribution in [0.25, 0.3) is 0 Å². The van der Waals surface area contributed by atoms with Gasteiger partial charge in [0.05, 0.1) is 22.5 Å². The zero-order valence-corrected chi connectivity index (χ0v) is 20.3. The van der Waals surface area contributed by atoms with Gasteiger partial charge in [0.15, 0.2) is 0 Å². The van der Waals surface area contributed by atoms with Crippen molar-refractivity contribution in [2.75, 3.05) is 26.2 Å². The molecule has 7 heteroatoms. The molecule has 0 aromatic heterocycles. The molecule has 0 amide bonds. The van der Waals surface area contributed by atoms with E-state index in [-0.39, 0.29) is 11.1 Å². The summed E-state index contributed by atoms with van der Waals surface area (Å²) in [4.78, 5) is 0. The summed E-state index contributed by atoms with van der Waals surface area (Å²) in [7, 11) is 0. The highest BCUT2D eigenvalue weighted by molar-refractivity contribution is 5.96. The van der Waals surface area contributed by atoms with Gasteiger partial charge in [-0.2, -0.15) is 0 Å². The van der Waals surface area contributed by atoms with E-state index in [4.69, 9.17) is 0 Å². The lowest BCUT2D eigenvalue weighted by molar-refractivity contribution is -0.0735. The van der Waals surface area contributed by atoms with Crippen molar-refractivity contribution in [3.8, 4) is 0 Å². The van der Waals surface area contributed by atoms with E-state index in [2.05, 4.69) is 67.8 Å². The molecule has 0 aromatic rings. The molecule has 0 aromatic carbocycles. The van der Waals surface area contributed by atoms with Gasteiger partial charge in [-0.15, -0.1) is 0 Å². The number of rotatable bonds is 8. The van der Waals surface area contributed by atoms with Crippen LogP contribution in [-0.4, -0.2) is 59.1 Å². The number of hydrogen-bond acceptors (Lipinski definition) is 7. The van der Waals surface area contributed by atoms with Crippen LogP contribution in [0, 0.1) is 34.5 Å². The molecule has 0 saturated heterocycles. The van der Waals surface area contributed by atoms with E-state index in [0.717, 1.165) is 50.4 Å². The van der Waals surface area contributed by atoms with E-state index in [1.807, 2.05) is 0 Å². The van der Waals surface area contributed by atoms with Gasteiger partial charge < -0.3 is 26.4 Å². The monoisotopic (exact) mass is 433 g/mol. The first kappa shape index (κ1) is 23.0. The Balaban J connectivity index is 1.22. The number of fused-ring (bicyclic) bond motifs is 4. The van der Waals surface area contributed by atoms with Crippen LogP contribution in [0.1, 0.15) is 67.2 Å². The Hall–Kier alpha value is -1.18. The number of hydrogen-bond donors (Lipinski definition) is 5. The predicted octanol–water partition coefficient (Wildman–Crippen LogP) is 3.07. The molecule has 176 valence electrons. The van der Waals surface area contributed by atoms with Gasteiger partial charge in [-0.25, -0.2) is 0 Å². The smallest absolute Gasteiger partial charge is 0.0774 e. The first-order valence-corrected chi connectivity index (χ1v) is 12.2. The molecule has 6 atom stereocenters. The Labute approximate surface area is 187 Å². The molecule has 6 fully saturated rings. The third-order valence-corrected chi connectivity index (χ3v) is 10.2. The van der Waals surface area contributed by atoms with Gasteiger partial charge in [-0.1, -0.05) is 38.0 Å². The van der Waals surface area contributed by atoms with Crippen molar-refractivity contribution in [1.29, 1.82) is 0 Å². The summed E-state index contributed by atoms with van der Waals surface area (Å²) in [6, 6.07) is 0. The Morgan fingerprint density at radius 2 is 1.10 bits per heavy atom. The Morgan fingerprint density at radius 1 is 0.710 bits per heavy atom. The van der Waals surface area contributed by atoms with Gasteiger partial charge in [0.1, 0.15) is 0 Å². The maximum Gasteiger partial charge on any atom is 0.0774 e. The van der Waals surface area contributed by atoms with Gasteiger partial charge in [0.2, 0.25) is 0 Å². The Bertz CT molecular complexity index is 701. The standard InChI is InChI=1S/C24H43N5O2/c1-21(2)15-11-17(21)23(5,19(13-15)28-30)26-9-7-25-8-10-27-24(6)18-12-16(22(18,3)4)14-20(24)29-31/h15-18,25-27,30-31H,7-14H2,1-6H3/b28-19+,29-20+/t15-,16-,17-,18-,23-,24-/m0/s1. The van der Waals surface area contributed by atoms with Crippen molar-refractivity contribution >= 4 is 11.4 Å². The van der Waals surface area contributed by atoms with E-state index < -0.39 is 0 Å². The fraction of sp³-hybridized carbons (Fsp3) is 0.917. The van der Waals surface area contributed by atoms with E-state index in [1.165, 1.54) is 12.8 Å². The van der Waals surface area contributed by atoms with E-state index in [1.54, 1.807) is 0 Å². The highest BCUT2D eigenvalue weighted by Crippen LogP contribution is 2.62. The average Bonchev–Trinajstić information content (AvgIpc) is 2.72. The van der Waals surface area contributed by atoms with Gasteiger partial charge in [0.25, 0.3) is 0 Å². The second-order valence-electron chi connectivity index (χ2n) is 12.1. The number of oxime groups is 2. The van der Waals surface area contributed by atoms with Crippen molar-refractivity contribution in [2.24, 2.45) is 44.8 Å². The quantitative estimate of drug-likeness (QED) is 0.230. The molecule has 0 heterocycles. The predicted molar refractivity (Wildman–Crippen MR) is 124 cm³/mol. The summed E-state index contributed by atoms with van der Waals surface area (Å²) in [5.74, 6) is 2.32. The van der Waals surface area contributed by atoms with Crippen molar-refractivity contribution in [2.45, 2.75) is 78.3 Å². The lowest BCUT2D eigenvalue weighted by atomic mass is 9.43. The van der Waals surface area contributed by atoms with Crippen LogP contribution in [0.3, 0.4) is 0 Å². The van der Waals surface area contributed by atoms with Crippen molar-refractivity contribution in [3.63, 3.8) is 0 Å². The first-order valence-electron chi connectivity index (χ1n) is 12.2. The molecule has 5 N–H and O–H groups in total. The Morgan fingerprint density at radius 3 is 1.42 bits per heavy atom. The summed E-state index contributed by atoms with van der Waals surface area (Å²) in [6.45, 7) is 17.2. The van der Waals surface area contributed by atoms with Gasteiger partial charge in [-0.05, 0) is 74.0 Å². The second-order valence-corrected chi connectivity index (χ2v) is 12.1. The molecule has 0 aliphatic heterocycles. The van der Waals surface area contributed by atoms with Gasteiger partial charge >= 0.3 is 0 Å². The molecule has 4 bridgehead atoms. The molecule has 0 radical (unpaired) electrons. The molecule has 6 aliphatic carbocycles. The molecule has 7 nitrogen and oxygen atoms in total. The van der Waals surface area contributed by atoms with Crippen LogP contribution >= 0.6 is 0 Å². The molecular weight excluding hydrogens is 390 g/mol. The highest BCUT2D eigenvalue weighted by Gasteiger charge is 2.63. The summed E-state index contributed by atoms with van der Waals surface area (Å²) in [6.07, 6.45) is 4.23. The topological polar surface area (TPSA) is 101 Å². The lowest BCUT2D eigenvalue weighted by Gasteiger charge is -2.64. The average molecular weight is 434 g/mol. The third-order valence-electron chi connectivity index (χ3n) is 10.2. The molecular formula is C24H43N5O2. The highest BCUT2D eigenvalue weighted by atomic mass is 16.4. The maximum atomic E-state index is 9.56. The minimum Gasteiger partial charge on any atom is -0.411 e. The summed E-state index contributed by atoms with van der Waals surface area (Å²) in [5.41, 5.74) is 2.00. The van der Waals surface area contributed by atoms with Crippen LogP contribution in [0.2, 0.25) is 0 Å². The summed E-state index contributed by atoms with van der Waals surface area (Å²) in [5, 5.41) is 37.4. The summed E-state index contributed by atoms with van der Waals surface area (Å²) >= 11 is 0. The second kappa shape index (κ2) is 7.70. The normalized spacial score (nSPS) is 44.7. The van der Waals surface area contributed by atoms with E-state index in [9.17, 15) is 10.4 Å². The molecule has 0 unspecified atom stereocenters. The molecule has 6 aliphatic rings. The van der Waals surface area contributed by atoms with Crippen molar-refractivity contribution in [1.82, 2.24) is 16.0 Å². The molecule has 0 spiro atoms. The fourth-order valence-corrected chi connectivity index (χ4v) is 7.66. The van der Waals surface area contributed by atoms with E-state index in [0.29, 0.717) is 34.5 Å². The van der Waals surface area contributed by atoms with Gasteiger partial charge in [-0.3, -0.25) is 0 Å². The number of nitrogens with one attached hydrogen (secondary N) is 3. The number of nitrogens with zero attached hydrogens (tertiary/aromatic N) is 2. The van der Waals surface area contributed by atoms with Gasteiger partial charge in [0, 0.05) is 26.2 Å². The zero-order valence-electron chi connectivity index (χ0n) is 20.3. The summed E-state index contributed by atoms with van der Waals surface area (Å²) < 4.78 is 0. The van der Waals surface area contributed by atoms with Crippen LogP contribution in [0.15, 0.2) is 10.3 Å². The largest absolute Gasteiger partial charge is 0.411 e.